The van der Waals surface area contributed by atoms with E-state index in [0.717, 1.165) is 42.9 Å². The highest BCUT2D eigenvalue weighted by Crippen LogP contribution is 2.24. The van der Waals surface area contributed by atoms with Gasteiger partial charge in [0.1, 0.15) is 5.01 Å². The van der Waals surface area contributed by atoms with Gasteiger partial charge in [-0.3, -0.25) is 4.79 Å². The van der Waals surface area contributed by atoms with Crippen molar-refractivity contribution in [2.45, 2.75) is 45.2 Å². The molecule has 5 heteroatoms. The Kier molecular flexibility index (Phi) is 4.12. The minimum absolute atomic E-state index is 0.129. The number of nitrogens with one attached hydrogen (secondary N) is 1. The zero-order valence-electron chi connectivity index (χ0n) is 9.98. The number of carboxylic acids is 1. The summed E-state index contributed by atoms with van der Waals surface area (Å²) in [5.74, 6) is -0.769. The second-order valence-corrected chi connectivity index (χ2v) is 5.59. The first kappa shape index (κ1) is 12.5. The highest BCUT2D eigenvalue weighted by molar-refractivity contribution is 7.09. The first-order valence-electron chi connectivity index (χ1n) is 6.02. The quantitative estimate of drug-likeness (QED) is 0.864. The summed E-state index contributed by atoms with van der Waals surface area (Å²) in [6.07, 6.45) is 3.51. The molecule has 1 heterocycles. The lowest BCUT2D eigenvalue weighted by atomic mass is 9.86. The molecule has 94 valence electrons. The second-order valence-electron chi connectivity index (χ2n) is 4.65. The molecular formula is C12H18N2O2S. The number of aromatic nitrogens is 1. The first-order valence-corrected chi connectivity index (χ1v) is 6.90. The Labute approximate surface area is 105 Å². The van der Waals surface area contributed by atoms with E-state index in [1.165, 1.54) is 0 Å². The van der Waals surface area contributed by atoms with Crippen molar-refractivity contribution < 1.29 is 9.90 Å². The molecule has 1 aromatic heterocycles. The van der Waals surface area contributed by atoms with Gasteiger partial charge >= 0.3 is 5.97 Å². The van der Waals surface area contributed by atoms with Crippen LogP contribution in [0.4, 0.5) is 0 Å². The summed E-state index contributed by atoms with van der Waals surface area (Å²) in [7, 11) is 0. The summed E-state index contributed by atoms with van der Waals surface area (Å²) in [6, 6.07) is 0.454. The maximum atomic E-state index is 10.8. The molecule has 1 fully saturated rings. The molecular weight excluding hydrogens is 236 g/mol. The smallest absolute Gasteiger partial charge is 0.306 e. The van der Waals surface area contributed by atoms with Crippen molar-refractivity contribution in [1.82, 2.24) is 10.3 Å². The molecule has 0 atom stereocenters. The molecule has 2 N–H and O–H groups in total. The fourth-order valence-corrected chi connectivity index (χ4v) is 2.98. The fraction of sp³-hybridized carbons (Fsp3) is 0.667. The van der Waals surface area contributed by atoms with Crippen LogP contribution in [0.2, 0.25) is 0 Å². The lowest BCUT2D eigenvalue weighted by molar-refractivity contribution is -0.142. The van der Waals surface area contributed by atoms with E-state index in [4.69, 9.17) is 5.11 Å². The number of aliphatic carboxylic acids is 1. The summed E-state index contributed by atoms with van der Waals surface area (Å²) in [4.78, 5) is 15.2. The molecule has 2 rings (SSSR count). The van der Waals surface area contributed by atoms with Crippen LogP contribution in [0.3, 0.4) is 0 Å². The van der Waals surface area contributed by atoms with Crippen molar-refractivity contribution in [2.75, 3.05) is 0 Å². The van der Waals surface area contributed by atoms with Gasteiger partial charge in [-0.05, 0) is 32.6 Å². The highest BCUT2D eigenvalue weighted by atomic mass is 32.1. The zero-order chi connectivity index (χ0) is 12.3. The lowest BCUT2D eigenvalue weighted by Crippen LogP contribution is -2.34. The van der Waals surface area contributed by atoms with Gasteiger partial charge < -0.3 is 10.4 Å². The Morgan fingerprint density at radius 3 is 2.76 bits per heavy atom. The van der Waals surface area contributed by atoms with Crippen LogP contribution in [0.1, 0.15) is 36.4 Å². The van der Waals surface area contributed by atoms with Gasteiger partial charge in [0.05, 0.1) is 5.92 Å². The Hall–Kier alpha value is -0.940. The van der Waals surface area contributed by atoms with E-state index >= 15 is 0 Å². The van der Waals surface area contributed by atoms with Gasteiger partial charge in [0, 0.05) is 23.7 Å². The van der Waals surface area contributed by atoms with Crippen LogP contribution in [0.5, 0.6) is 0 Å². The first-order chi connectivity index (χ1) is 8.15. The van der Waals surface area contributed by atoms with Gasteiger partial charge in [0.15, 0.2) is 0 Å². The topological polar surface area (TPSA) is 62.2 Å². The van der Waals surface area contributed by atoms with Crippen LogP contribution in [-0.2, 0) is 11.3 Å². The largest absolute Gasteiger partial charge is 0.481 e. The van der Waals surface area contributed by atoms with Crippen molar-refractivity contribution >= 4 is 17.3 Å². The number of hydrogen-bond acceptors (Lipinski definition) is 4. The average Bonchev–Trinajstić information content (AvgIpc) is 2.73. The summed E-state index contributed by atoms with van der Waals surface area (Å²) < 4.78 is 0. The Balaban J connectivity index is 1.73. The monoisotopic (exact) mass is 254 g/mol. The van der Waals surface area contributed by atoms with Crippen LogP contribution in [0.15, 0.2) is 5.38 Å². The lowest BCUT2D eigenvalue weighted by Gasteiger charge is -2.26. The van der Waals surface area contributed by atoms with Crippen LogP contribution >= 0.6 is 11.3 Å². The van der Waals surface area contributed by atoms with Gasteiger partial charge in [-0.15, -0.1) is 11.3 Å². The van der Waals surface area contributed by atoms with Crippen LogP contribution < -0.4 is 5.32 Å². The van der Waals surface area contributed by atoms with Crippen molar-refractivity contribution in [3.05, 3.63) is 16.1 Å². The van der Waals surface area contributed by atoms with E-state index in [-0.39, 0.29) is 5.92 Å². The molecule has 0 radical (unpaired) electrons. The molecule has 17 heavy (non-hydrogen) atoms. The SMILES string of the molecule is Cc1csc(CNC2CCC(C(=O)O)CC2)n1. The Morgan fingerprint density at radius 1 is 1.53 bits per heavy atom. The molecule has 1 aliphatic carbocycles. The number of carbonyl (C=O) groups is 1. The predicted octanol–water partition coefficient (Wildman–Crippen LogP) is 2.18. The van der Waals surface area contributed by atoms with Crippen molar-refractivity contribution in [3.8, 4) is 0 Å². The average molecular weight is 254 g/mol. The number of hydrogen-bond donors (Lipinski definition) is 2. The van der Waals surface area contributed by atoms with Crippen molar-refractivity contribution in [3.63, 3.8) is 0 Å². The molecule has 1 aromatic rings. The predicted molar refractivity (Wildman–Crippen MR) is 67.1 cm³/mol. The van der Waals surface area contributed by atoms with Crippen molar-refractivity contribution in [1.29, 1.82) is 0 Å². The molecule has 0 aromatic carbocycles. The van der Waals surface area contributed by atoms with Gasteiger partial charge in [-0.25, -0.2) is 4.98 Å². The van der Waals surface area contributed by atoms with E-state index in [1.54, 1.807) is 11.3 Å². The van der Waals surface area contributed by atoms with Crippen LogP contribution in [0, 0.1) is 12.8 Å². The summed E-state index contributed by atoms with van der Waals surface area (Å²) in [6.45, 7) is 2.80. The highest BCUT2D eigenvalue weighted by Gasteiger charge is 2.25. The Morgan fingerprint density at radius 2 is 2.24 bits per heavy atom. The normalized spacial score (nSPS) is 24.8. The second kappa shape index (κ2) is 5.60. The maximum Gasteiger partial charge on any atom is 0.306 e. The molecule has 4 nitrogen and oxygen atoms in total. The minimum atomic E-state index is -0.640. The summed E-state index contributed by atoms with van der Waals surface area (Å²) in [5, 5.41) is 15.5. The Bertz CT molecular complexity index is 384. The molecule has 0 spiro atoms. The van der Waals surface area contributed by atoms with Gasteiger partial charge in [-0.2, -0.15) is 0 Å². The molecule has 1 aliphatic rings. The third-order valence-corrected chi connectivity index (χ3v) is 4.25. The standard InChI is InChI=1S/C12H18N2O2S/c1-8-7-17-11(14-8)6-13-10-4-2-9(3-5-10)12(15)16/h7,9-10,13H,2-6H2,1H3,(H,15,16). The van der Waals surface area contributed by atoms with E-state index in [2.05, 4.69) is 15.7 Å². The summed E-state index contributed by atoms with van der Waals surface area (Å²) in [5.41, 5.74) is 1.07. The van der Waals surface area contributed by atoms with E-state index in [9.17, 15) is 4.79 Å². The molecule has 1 saturated carbocycles. The number of aryl methyl sites for hydroxylation is 1. The number of nitrogens with zero attached hydrogens (tertiary/aromatic N) is 1. The van der Waals surface area contributed by atoms with E-state index in [0.29, 0.717) is 6.04 Å². The summed E-state index contributed by atoms with van der Waals surface area (Å²) >= 11 is 1.68. The molecule has 0 aliphatic heterocycles. The number of rotatable bonds is 4. The third kappa shape index (κ3) is 3.51. The van der Waals surface area contributed by atoms with E-state index in [1.807, 2.05) is 6.92 Å². The molecule has 0 saturated heterocycles. The van der Waals surface area contributed by atoms with Crippen LogP contribution in [-0.4, -0.2) is 22.1 Å². The maximum absolute atomic E-state index is 10.8. The van der Waals surface area contributed by atoms with Gasteiger partial charge in [0.25, 0.3) is 0 Å². The number of carboxylic acid groups (broad SMARTS) is 1. The van der Waals surface area contributed by atoms with Gasteiger partial charge in [0.2, 0.25) is 0 Å². The minimum Gasteiger partial charge on any atom is -0.481 e. The molecule has 0 amide bonds. The third-order valence-electron chi connectivity index (χ3n) is 3.28. The van der Waals surface area contributed by atoms with E-state index < -0.39 is 5.97 Å². The zero-order valence-corrected chi connectivity index (χ0v) is 10.8. The van der Waals surface area contributed by atoms with Gasteiger partial charge in [-0.1, -0.05) is 0 Å². The van der Waals surface area contributed by atoms with Crippen molar-refractivity contribution in [2.24, 2.45) is 5.92 Å². The molecule has 0 bridgehead atoms. The number of thiazole rings is 1. The molecule has 0 unspecified atom stereocenters. The fourth-order valence-electron chi connectivity index (χ4n) is 2.26. The van der Waals surface area contributed by atoms with Crippen LogP contribution in [0.25, 0.3) is 0 Å².